The number of anilines is 1. The number of hydrogen-bond donors (Lipinski definition) is 3. The van der Waals surface area contributed by atoms with Crippen LogP contribution in [0.1, 0.15) is 10.6 Å². The summed E-state index contributed by atoms with van der Waals surface area (Å²) in [5.74, 6) is 5.23. The highest BCUT2D eigenvalue weighted by Gasteiger charge is 2.11. The molecule has 1 aromatic rings. The maximum absolute atomic E-state index is 11.4. The third-order valence-electron chi connectivity index (χ3n) is 1.41. The van der Waals surface area contributed by atoms with Gasteiger partial charge in [-0.25, -0.2) is 10.4 Å². The van der Waals surface area contributed by atoms with E-state index in [0.717, 1.165) is 0 Å². The monoisotopic (exact) mass is 197 g/mol. The molecule has 0 aromatic carbocycles. The van der Waals surface area contributed by atoms with Crippen molar-refractivity contribution in [3.8, 4) is 0 Å². The first-order chi connectivity index (χ1) is 6.65. The largest absolute Gasteiger partial charge is 0.342 e. The Morgan fingerprint density at radius 1 is 1.71 bits per heavy atom. The molecule has 0 saturated carbocycles. The number of rotatable bonds is 3. The van der Waals surface area contributed by atoms with Crippen molar-refractivity contribution < 1.29 is 4.79 Å². The lowest BCUT2D eigenvalue weighted by Crippen LogP contribution is -2.22. The number of aromatic amines is 1. The smallest absolute Gasteiger partial charge is 0.289 e. The summed E-state index contributed by atoms with van der Waals surface area (Å²) in [4.78, 5) is 19.3. The lowest BCUT2D eigenvalue weighted by Gasteiger charge is -2.06. The number of nitrogens with two attached hydrogens (primary N) is 1. The van der Waals surface area contributed by atoms with Gasteiger partial charge in [0.05, 0.1) is 6.20 Å². The number of carbonyl (C=O) groups excluding carboxylic acids is 1. The minimum absolute atomic E-state index is 0.220. The number of carbonyl (C=O) groups is 1. The fourth-order valence-electron chi connectivity index (χ4n) is 0.781. The molecule has 0 unspecified atom stereocenters. The highest BCUT2D eigenvalue weighted by Crippen LogP contribution is 2.04. The second kappa shape index (κ2) is 4.21. The van der Waals surface area contributed by atoms with Gasteiger partial charge >= 0.3 is 0 Å². The zero-order valence-electron chi connectivity index (χ0n) is 7.85. The van der Waals surface area contributed by atoms with Gasteiger partial charge in [0.1, 0.15) is 5.82 Å². The Hall–Kier alpha value is -2.12. The van der Waals surface area contributed by atoms with Crippen LogP contribution < -0.4 is 11.3 Å². The summed E-state index contributed by atoms with van der Waals surface area (Å²) in [6.45, 7) is 0. The summed E-state index contributed by atoms with van der Waals surface area (Å²) in [7, 11) is 3.27. The number of amides is 1. The molecule has 0 saturated heterocycles. The number of nitrogens with zero attached hydrogens (tertiary/aromatic N) is 4. The third kappa shape index (κ3) is 2.19. The molecule has 0 aliphatic heterocycles. The van der Waals surface area contributed by atoms with E-state index in [9.17, 15) is 4.79 Å². The van der Waals surface area contributed by atoms with Gasteiger partial charge in [-0.15, -0.1) is 0 Å². The fraction of sp³-hybridized carbons (Fsp3) is 0.333. The zero-order valence-corrected chi connectivity index (χ0v) is 7.85. The van der Waals surface area contributed by atoms with Gasteiger partial charge in [0, 0.05) is 14.1 Å². The highest BCUT2D eigenvalue weighted by atomic mass is 16.2. The number of nitrogens with one attached hydrogen (secondary N) is 2. The molecular formula is C6H11N7O. The summed E-state index contributed by atoms with van der Waals surface area (Å²) in [6, 6.07) is 0. The van der Waals surface area contributed by atoms with Crippen molar-refractivity contribution in [2.24, 2.45) is 16.3 Å². The molecule has 1 aromatic heterocycles. The highest BCUT2D eigenvalue weighted by molar-refractivity contribution is 5.90. The van der Waals surface area contributed by atoms with E-state index in [-0.39, 0.29) is 11.7 Å². The van der Waals surface area contributed by atoms with E-state index in [1.165, 1.54) is 11.1 Å². The average Bonchev–Trinajstić information content (AvgIpc) is 2.61. The molecule has 8 nitrogen and oxygen atoms in total. The third-order valence-corrected chi connectivity index (χ3v) is 1.41. The van der Waals surface area contributed by atoms with Crippen LogP contribution in [0.5, 0.6) is 0 Å². The molecule has 0 bridgehead atoms. The van der Waals surface area contributed by atoms with E-state index in [2.05, 4.69) is 25.8 Å². The van der Waals surface area contributed by atoms with Crippen LogP contribution in [0.25, 0.3) is 0 Å². The first-order valence-corrected chi connectivity index (χ1v) is 3.77. The molecule has 0 aliphatic carbocycles. The topological polar surface area (TPSA) is 112 Å². The van der Waals surface area contributed by atoms with Crippen LogP contribution in [0.3, 0.4) is 0 Å². The van der Waals surface area contributed by atoms with Crippen LogP contribution in [0, 0.1) is 0 Å². The van der Waals surface area contributed by atoms with E-state index in [0.29, 0.717) is 5.82 Å². The van der Waals surface area contributed by atoms with Crippen molar-refractivity contribution in [2.45, 2.75) is 0 Å². The summed E-state index contributed by atoms with van der Waals surface area (Å²) in [6.07, 6.45) is 1.42. The van der Waals surface area contributed by atoms with Crippen molar-refractivity contribution in [2.75, 3.05) is 19.5 Å². The summed E-state index contributed by atoms with van der Waals surface area (Å²) in [5, 5.41) is 6.31. The summed E-state index contributed by atoms with van der Waals surface area (Å²) < 4.78 is 0. The van der Waals surface area contributed by atoms with Gasteiger partial charge in [0.2, 0.25) is 0 Å². The maximum Gasteiger partial charge on any atom is 0.289 e. The molecule has 0 aliphatic rings. The molecule has 0 fully saturated rings. The van der Waals surface area contributed by atoms with E-state index in [1.807, 2.05) is 0 Å². The molecule has 0 radical (unpaired) electrons. The lowest BCUT2D eigenvalue weighted by atomic mass is 10.5. The number of imidazole rings is 1. The van der Waals surface area contributed by atoms with Gasteiger partial charge < -0.3 is 15.7 Å². The first kappa shape index (κ1) is 9.96. The molecule has 0 spiro atoms. The molecule has 1 amide bonds. The standard InChI is InChI=1S/C6H11N7O/c1-13(2)6(14)5-8-3-4(9-5)10-12-11-7/h3H,1-2H3,(H2,7,12)(H,8,9)(H,10,11). The van der Waals surface area contributed by atoms with Gasteiger partial charge in [0.15, 0.2) is 5.82 Å². The molecule has 1 heterocycles. The minimum atomic E-state index is -0.220. The predicted molar refractivity (Wildman–Crippen MR) is 49.3 cm³/mol. The van der Waals surface area contributed by atoms with Gasteiger partial charge in [-0.2, -0.15) is 0 Å². The second-order valence-electron chi connectivity index (χ2n) is 2.67. The van der Waals surface area contributed by atoms with Crippen LogP contribution >= 0.6 is 0 Å². The first-order valence-electron chi connectivity index (χ1n) is 3.77. The average molecular weight is 197 g/mol. The fourth-order valence-corrected chi connectivity index (χ4v) is 0.781. The van der Waals surface area contributed by atoms with Crippen LogP contribution in [-0.4, -0.2) is 34.9 Å². The normalized spacial score (nSPS) is 10.4. The van der Waals surface area contributed by atoms with Crippen molar-refractivity contribution in [3.63, 3.8) is 0 Å². The van der Waals surface area contributed by atoms with Crippen LogP contribution in [-0.2, 0) is 0 Å². The van der Waals surface area contributed by atoms with Gasteiger partial charge in [-0.1, -0.05) is 10.4 Å². The van der Waals surface area contributed by atoms with Crippen LogP contribution in [0.4, 0.5) is 5.82 Å². The van der Waals surface area contributed by atoms with Gasteiger partial charge in [0.25, 0.3) is 5.91 Å². The predicted octanol–water partition coefficient (Wildman–Crippen LogP) is -0.236. The Labute approximate surface area is 80.2 Å². The summed E-state index contributed by atoms with van der Waals surface area (Å²) in [5.41, 5.74) is 2.45. The number of aromatic nitrogens is 2. The van der Waals surface area contributed by atoms with E-state index >= 15 is 0 Å². The number of hydrogen-bond acceptors (Lipinski definition) is 4. The molecule has 1 rings (SSSR count). The Bertz CT molecular complexity index is 342. The van der Waals surface area contributed by atoms with E-state index in [1.54, 1.807) is 14.1 Å². The van der Waals surface area contributed by atoms with Crippen molar-refractivity contribution >= 4 is 11.7 Å². The Morgan fingerprint density at radius 3 is 3.00 bits per heavy atom. The molecule has 8 heteroatoms. The zero-order chi connectivity index (χ0) is 10.6. The van der Waals surface area contributed by atoms with Gasteiger partial charge in [-0.05, 0) is 0 Å². The van der Waals surface area contributed by atoms with E-state index in [4.69, 9.17) is 5.84 Å². The van der Waals surface area contributed by atoms with Crippen LogP contribution in [0.2, 0.25) is 0 Å². The van der Waals surface area contributed by atoms with Gasteiger partial charge in [-0.3, -0.25) is 4.79 Å². The molecule has 14 heavy (non-hydrogen) atoms. The van der Waals surface area contributed by atoms with E-state index < -0.39 is 0 Å². The van der Waals surface area contributed by atoms with Crippen LogP contribution in [0.15, 0.2) is 16.6 Å². The Kier molecular flexibility index (Phi) is 3.00. The quantitative estimate of drug-likeness (QED) is 0.352. The maximum atomic E-state index is 11.4. The molecular weight excluding hydrogens is 186 g/mol. The van der Waals surface area contributed by atoms with Crippen molar-refractivity contribution in [1.82, 2.24) is 14.9 Å². The molecule has 4 N–H and O–H groups in total. The van der Waals surface area contributed by atoms with Crippen molar-refractivity contribution in [1.29, 1.82) is 0 Å². The summed E-state index contributed by atoms with van der Waals surface area (Å²) >= 11 is 0. The Balaban J connectivity index is 2.72. The molecule has 0 atom stereocenters. The minimum Gasteiger partial charge on any atom is -0.342 e. The second-order valence-corrected chi connectivity index (χ2v) is 2.67. The molecule has 76 valence electrons. The van der Waals surface area contributed by atoms with Crippen molar-refractivity contribution in [3.05, 3.63) is 12.0 Å². The number of H-pyrrole nitrogens is 1. The SMILES string of the molecule is CN(C)C(=O)c1ncc(N/N=N/N)[nH]1. The lowest BCUT2D eigenvalue weighted by molar-refractivity contribution is 0.0817. The Morgan fingerprint density at radius 2 is 2.43 bits per heavy atom.